The number of nitrogens with zero attached hydrogens (tertiary/aromatic N) is 1. The van der Waals surface area contributed by atoms with Crippen LogP contribution in [-0.2, 0) is 0 Å². The van der Waals surface area contributed by atoms with Crippen LogP contribution in [0.4, 0.5) is 17.1 Å². The first-order valence-corrected chi connectivity index (χ1v) is 19.1. The summed E-state index contributed by atoms with van der Waals surface area (Å²) in [4.78, 5) is 2.47. The average molecular weight is 700 g/mol. The second-order valence-electron chi connectivity index (χ2n) is 13.2. The van der Waals surface area contributed by atoms with Crippen molar-refractivity contribution in [2.45, 2.75) is 0 Å². The third-order valence-corrected chi connectivity index (χ3v) is 12.5. The van der Waals surface area contributed by atoms with E-state index in [-0.39, 0.29) is 0 Å². The van der Waals surface area contributed by atoms with Gasteiger partial charge in [-0.25, -0.2) is 0 Å². The minimum absolute atomic E-state index is 0.884. The first-order chi connectivity index (χ1) is 25.8. The van der Waals surface area contributed by atoms with Gasteiger partial charge in [-0.15, -0.1) is 22.7 Å². The van der Waals surface area contributed by atoms with Crippen LogP contribution in [0.5, 0.6) is 0 Å². The number of hydrogen-bond donors (Lipinski definition) is 0. The van der Waals surface area contributed by atoms with Gasteiger partial charge in [-0.1, -0.05) is 115 Å². The summed E-state index contributed by atoms with van der Waals surface area (Å²) in [6.07, 6.45) is 0. The van der Waals surface area contributed by atoms with Crippen LogP contribution in [-0.4, -0.2) is 0 Å². The summed E-state index contributed by atoms with van der Waals surface area (Å²) in [6, 6.07) is 63.6. The van der Waals surface area contributed by atoms with E-state index in [1.54, 1.807) is 0 Å². The molecule has 11 rings (SSSR count). The smallest absolute Gasteiger partial charge is 0.145 e. The first kappa shape index (κ1) is 29.5. The molecule has 2 nitrogen and oxygen atoms in total. The SMILES string of the molecule is c1ccc(-c2ccc3c(c2)sc2ccc(N(c4cccc5sc6ccccc6c45)c4ccc(-c5ccccc5)c5oc6ccccc6c45)cc23)cc1. The lowest BCUT2D eigenvalue weighted by Crippen LogP contribution is -2.11. The van der Waals surface area contributed by atoms with Crippen LogP contribution in [0.1, 0.15) is 0 Å². The van der Waals surface area contributed by atoms with Gasteiger partial charge in [-0.3, -0.25) is 0 Å². The number of anilines is 3. The molecule has 0 saturated carbocycles. The molecule has 0 spiro atoms. The Labute approximate surface area is 308 Å². The van der Waals surface area contributed by atoms with Crippen molar-refractivity contribution in [3.63, 3.8) is 0 Å². The first-order valence-electron chi connectivity index (χ1n) is 17.5. The van der Waals surface area contributed by atoms with E-state index in [0.29, 0.717) is 0 Å². The van der Waals surface area contributed by atoms with Crippen molar-refractivity contribution in [3.05, 3.63) is 176 Å². The lowest BCUT2D eigenvalue weighted by Gasteiger charge is -2.28. The Morgan fingerprint density at radius 3 is 1.94 bits per heavy atom. The van der Waals surface area contributed by atoms with E-state index in [1.807, 2.05) is 22.7 Å². The summed E-state index contributed by atoms with van der Waals surface area (Å²) < 4.78 is 11.9. The summed E-state index contributed by atoms with van der Waals surface area (Å²) in [5.74, 6) is 0. The van der Waals surface area contributed by atoms with Gasteiger partial charge in [0.1, 0.15) is 11.2 Å². The van der Waals surface area contributed by atoms with Crippen molar-refractivity contribution in [2.24, 2.45) is 0 Å². The van der Waals surface area contributed by atoms with Crippen molar-refractivity contribution in [3.8, 4) is 22.3 Å². The number of rotatable bonds is 5. The summed E-state index contributed by atoms with van der Waals surface area (Å²) in [6.45, 7) is 0. The summed E-state index contributed by atoms with van der Waals surface area (Å²) in [5.41, 5.74) is 9.83. The van der Waals surface area contributed by atoms with E-state index in [9.17, 15) is 0 Å². The molecule has 8 aromatic carbocycles. The molecule has 0 radical (unpaired) electrons. The van der Waals surface area contributed by atoms with Crippen LogP contribution in [0, 0.1) is 0 Å². The van der Waals surface area contributed by atoms with E-state index >= 15 is 0 Å². The fourth-order valence-electron chi connectivity index (χ4n) is 7.91. The highest BCUT2D eigenvalue weighted by Gasteiger charge is 2.25. The quantitative estimate of drug-likeness (QED) is 0.178. The minimum atomic E-state index is 0.884. The molecule has 0 amide bonds. The van der Waals surface area contributed by atoms with Gasteiger partial charge >= 0.3 is 0 Å². The predicted molar refractivity (Wildman–Crippen MR) is 225 cm³/mol. The molecule has 3 heterocycles. The average Bonchev–Trinajstić information content (AvgIpc) is 3.90. The molecule has 0 fully saturated rings. The molecule has 244 valence electrons. The molecule has 3 aromatic heterocycles. The zero-order valence-electron chi connectivity index (χ0n) is 27.9. The molecule has 0 aliphatic heterocycles. The number of thiophene rings is 2. The maximum atomic E-state index is 6.78. The maximum absolute atomic E-state index is 6.78. The monoisotopic (exact) mass is 699 g/mol. The molecule has 0 aliphatic carbocycles. The van der Waals surface area contributed by atoms with Crippen molar-refractivity contribution in [1.82, 2.24) is 0 Å². The van der Waals surface area contributed by atoms with Crippen LogP contribution in [0.15, 0.2) is 180 Å². The number of para-hydroxylation sites is 1. The van der Waals surface area contributed by atoms with Gasteiger partial charge in [0, 0.05) is 57.0 Å². The summed E-state index contributed by atoms with van der Waals surface area (Å²) in [5, 5.41) is 7.29. The van der Waals surface area contributed by atoms with Crippen LogP contribution >= 0.6 is 22.7 Å². The zero-order chi connectivity index (χ0) is 34.2. The Bertz CT molecular complexity index is 3130. The van der Waals surface area contributed by atoms with E-state index in [1.165, 1.54) is 51.5 Å². The largest absolute Gasteiger partial charge is 0.455 e. The molecular formula is C48H29NOS2. The fourth-order valence-corrected chi connectivity index (χ4v) is 10.2. The maximum Gasteiger partial charge on any atom is 0.145 e. The van der Waals surface area contributed by atoms with Crippen molar-refractivity contribution < 1.29 is 4.42 Å². The third kappa shape index (κ3) is 4.55. The van der Waals surface area contributed by atoms with Gasteiger partial charge < -0.3 is 9.32 Å². The molecule has 4 heteroatoms. The highest BCUT2D eigenvalue weighted by Crippen LogP contribution is 2.50. The van der Waals surface area contributed by atoms with E-state index < -0.39 is 0 Å². The van der Waals surface area contributed by atoms with Gasteiger partial charge in [0.25, 0.3) is 0 Å². The van der Waals surface area contributed by atoms with Crippen molar-refractivity contribution in [1.29, 1.82) is 0 Å². The Morgan fingerprint density at radius 2 is 1.08 bits per heavy atom. The van der Waals surface area contributed by atoms with E-state index in [4.69, 9.17) is 4.42 Å². The van der Waals surface area contributed by atoms with E-state index in [0.717, 1.165) is 50.1 Å². The Morgan fingerprint density at radius 1 is 0.385 bits per heavy atom. The highest BCUT2D eigenvalue weighted by molar-refractivity contribution is 7.26. The standard InChI is InChI=1S/C48H29NOS2/c1-3-12-30(13-4-1)32-22-24-35-38-29-33(23-27-43(38)52-45(35)28-32)49(39-18-11-21-44-46(39)37-17-8-10-20-42(37)51-44)40-26-25-34(31-14-5-2-6-15-31)48-47(40)36-16-7-9-19-41(36)50-48/h1-29H. The van der Waals surface area contributed by atoms with Gasteiger partial charge in [-0.05, 0) is 77.4 Å². The van der Waals surface area contributed by atoms with Crippen molar-refractivity contribution in [2.75, 3.05) is 4.90 Å². The van der Waals surface area contributed by atoms with Crippen molar-refractivity contribution >= 4 is 102 Å². The summed E-state index contributed by atoms with van der Waals surface area (Å²) >= 11 is 3.71. The fraction of sp³-hybridized carbons (Fsp3) is 0. The normalized spacial score (nSPS) is 11.8. The number of fused-ring (bicyclic) bond motifs is 9. The molecule has 52 heavy (non-hydrogen) atoms. The molecule has 0 saturated heterocycles. The van der Waals surface area contributed by atoms with Gasteiger partial charge in [-0.2, -0.15) is 0 Å². The third-order valence-electron chi connectivity index (χ3n) is 10.3. The molecule has 0 N–H and O–H groups in total. The van der Waals surface area contributed by atoms with Crippen LogP contribution < -0.4 is 4.90 Å². The zero-order valence-corrected chi connectivity index (χ0v) is 29.5. The molecule has 11 aromatic rings. The highest BCUT2D eigenvalue weighted by atomic mass is 32.1. The van der Waals surface area contributed by atoms with Gasteiger partial charge in [0.05, 0.1) is 16.8 Å². The Balaban J connectivity index is 1.21. The number of furan rings is 1. The lowest BCUT2D eigenvalue weighted by molar-refractivity contribution is 0.670. The molecule has 0 atom stereocenters. The lowest BCUT2D eigenvalue weighted by atomic mass is 9.99. The molecule has 0 bridgehead atoms. The van der Waals surface area contributed by atoms with Crippen LogP contribution in [0.25, 0.3) is 84.5 Å². The Kier molecular flexibility index (Phi) is 6.63. The molecule has 0 unspecified atom stereocenters. The van der Waals surface area contributed by atoms with E-state index in [2.05, 4.69) is 181 Å². The molecule has 0 aliphatic rings. The van der Waals surface area contributed by atoms with Crippen LogP contribution in [0.2, 0.25) is 0 Å². The number of benzene rings is 8. The Hall–Kier alpha value is -6.20. The summed E-state index contributed by atoms with van der Waals surface area (Å²) in [7, 11) is 0. The van der Waals surface area contributed by atoms with Crippen LogP contribution in [0.3, 0.4) is 0 Å². The second-order valence-corrected chi connectivity index (χ2v) is 15.4. The minimum Gasteiger partial charge on any atom is -0.455 e. The number of hydrogen-bond acceptors (Lipinski definition) is 4. The van der Waals surface area contributed by atoms with Gasteiger partial charge in [0.15, 0.2) is 0 Å². The van der Waals surface area contributed by atoms with Gasteiger partial charge in [0.2, 0.25) is 0 Å². The predicted octanol–water partition coefficient (Wildman–Crippen LogP) is 15.1. The molecular weight excluding hydrogens is 671 g/mol. The second kappa shape index (κ2) is 11.7. The topological polar surface area (TPSA) is 16.4 Å².